The van der Waals surface area contributed by atoms with Gasteiger partial charge in [0.05, 0.1) is 5.71 Å². The first kappa shape index (κ1) is 16.1. The van der Waals surface area contributed by atoms with Crippen LogP contribution in [0.15, 0.2) is 35.4 Å². The summed E-state index contributed by atoms with van der Waals surface area (Å²) in [5, 5.41) is 7.11. The molecule has 0 aliphatic heterocycles. The predicted molar refractivity (Wildman–Crippen MR) is 85.4 cm³/mol. The van der Waals surface area contributed by atoms with Gasteiger partial charge in [-0.25, -0.2) is 0 Å². The number of hydrazone groups is 1. The molecule has 0 aliphatic rings. The van der Waals surface area contributed by atoms with E-state index in [1.54, 1.807) is 0 Å². The van der Waals surface area contributed by atoms with E-state index in [0.717, 1.165) is 17.7 Å². The Balaban J connectivity index is 2.67. The molecule has 0 unspecified atom stereocenters. The first-order valence-electron chi connectivity index (χ1n) is 6.57. The number of hydrogen-bond donors (Lipinski definition) is 3. The maximum absolute atomic E-state index is 11.6. The zero-order valence-electron chi connectivity index (χ0n) is 11.6. The third kappa shape index (κ3) is 6.29. The Morgan fingerprint density at radius 3 is 2.60 bits per heavy atom. The van der Waals surface area contributed by atoms with Crippen LogP contribution in [0.4, 0.5) is 0 Å². The summed E-state index contributed by atoms with van der Waals surface area (Å²) in [4.78, 5) is 11.6. The SMILES string of the molecule is CCCNC(=O)CCC(=NNC(N)=S)c1ccccc1. The molecule has 1 aromatic rings. The molecule has 108 valence electrons. The third-order valence-corrected chi connectivity index (χ3v) is 2.66. The van der Waals surface area contributed by atoms with Crippen molar-refractivity contribution in [3.8, 4) is 0 Å². The summed E-state index contributed by atoms with van der Waals surface area (Å²) < 4.78 is 0. The second-order valence-corrected chi connectivity index (χ2v) is 4.69. The number of carbonyl (C=O) groups excluding carboxylic acids is 1. The van der Waals surface area contributed by atoms with Gasteiger partial charge in [0, 0.05) is 19.4 Å². The van der Waals surface area contributed by atoms with E-state index in [1.165, 1.54) is 0 Å². The van der Waals surface area contributed by atoms with Gasteiger partial charge in [-0.15, -0.1) is 0 Å². The van der Waals surface area contributed by atoms with E-state index in [1.807, 2.05) is 37.3 Å². The number of nitrogens with zero attached hydrogens (tertiary/aromatic N) is 1. The molecule has 0 aromatic heterocycles. The standard InChI is InChI=1S/C14H20N4OS/c1-2-10-16-13(19)9-8-12(17-18-14(15)20)11-6-4-3-5-7-11/h3-7H,2,8-10H2,1H3,(H,16,19)(H3,15,18,20). The van der Waals surface area contributed by atoms with Crippen LogP contribution in [-0.4, -0.2) is 23.3 Å². The van der Waals surface area contributed by atoms with Crippen molar-refractivity contribution in [1.29, 1.82) is 0 Å². The van der Waals surface area contributed by atoms with Gasteiger partial charge in [0.2, 0.25) is 5.91 Å². The molecule has 1 amide bonds. The fourth-order valence-corrected chi connectivity index (χ4v) is 1.65. The Hall–Kier alpha value is -1.95. The normalized spacial score (nSPS) is 10.9. The van der Waals surface area contributed by atoms with Crippen molar-refractivity contribution in [3.05, 3.63) is 35.9 Å². The first-order valence-corrected chi connectivity index (χ1v) is 6.98. The number of nitrogens with two attached hydrogens (primary N) is 1. The van der Waals surface area contributed by atoms with Gasteiger partial charge in [-0.2, -0.15) is 5.10 Å². The molecule has 0 saturated heterocycles. The van der Waals surface area contributed by atoms with Crippen LogP contribution >= 0.6 is 12.2 Å². The highest BCUT2D eigenvalue weighted by Gasteiger charge is 2.07. The van der Waals surface area contributed by atoms with Crippen molar-refractivity contribution >= 4 is 28.9 Å². The maximum Gasteiger partial charge on any atom is 0.220 e. The fraction of sp³-hybridized carbons (Fsp3) is 0.357. The van der Waals surface area contributed by atoms with Crippen LogP contribution in [0.5, 0.6) is 0 Å². The lowest BCUT2D eigenvalue weighted by Crippen LogP contribution is -2.27. The van der Waals surface area contributed by atoms with Crippen LogP contribution in [0.2, 0.25) is 0 Å². The van der Waals surface area contributed by atoms with Crippen LogP contribution in [-0.2, 0) is 4.79 Å². The molecule has 0 spiro atoms. The first-order chi connectivity index (χ1) is 9.63. The molecule has 0 fully saturated rings. The zero-order valence-corrected chi connectivity index (χ0v) is 12.4. The minimum absolute atomic E-state index is 0.0193. The predicted octanol–water partition coefficient (Wildman–Crippen LogP) is 1.53. The quantitative estimate of drug-likeness (QED) is 0.404. The van der Waals surface area contributed by atoms with Crippen molar-refractivity contribution < 1.29 is 4.79 Å². The number of rotatable bonds is 7. The molecule has 1 aromatic carbocycles. The highest BCUT2D eigenvalue weighted by atomic mass is 32.1. The van der Waals surface area contributed by atoms with Gasteiger partial charge in [-0.3, -0.25) is 10.2 Å². The molecule has 0 heterocycles. The topological polar surface area (TPSA) is 79.5 Å². The number of thiocarbonyl (C=S) groups is 1. The van der Waals surface area contributed by atoms with Crippen molar-refractivity contribution in [3.63, 3.8) is 0 Å². The summed E-state index contributed by atoms with van der Waals surface area (Å²) in [7, 11) is 0. The molecule has 0 radical (unpaired) electrons. The molecule has 6 heteroatoms. The maximum atomic E-state index is 11.6. The smallest absolute Gasteiger partial charge is 0.220 e. The van der Waals surface area contributed by atoms with E-state index in [-0.39, 0.29) is 11.0 Å². The lowest BCUT2D eigenvalue weighted by molar-refractivity contribution is -0.120. The van der Waals surface area contributed by atoms with Gasteiger partial charge < -0.3 is 11.1 Å². The second-order valence-electron chi connectivity index (χ2n) is 4.25. The van der Waals surface area contributed by atoms with E-state index < -0.39 is 0 Å². The monoisotopic (exact) mass is 292 g/mol. The minimum Gasteiger partial charge on any atom is -0.375 e. The van der Waals surface area contributed by atoms with Gasteiger partial charge in [0.15, 0.2) is 5.11 Å². The molecule has 4 N–H and O–H groups in total. The van der Waals surface area contributed by atoms with Crippen molar-refractivity contribution in [1.82, 2.24) is 10.7 Å². The number of nitrogens with one attached hydrogen (secondary N) is 2. The second kappa shape index (κ2) is 9.03. The van der Waals surface area contributed by atoms with Crippen molar-refractivity contribution in [2.75, 3.05) is 6.54 Å². The summed E-state index contributed by atoms with van der Waals surface area (Å²) >= 11 is 4.74. The van der Waals surface area contributed by atoms with Crippen molar-refractivity contribution in [2.24, 2.45) is 10.8 Å². The Morgan fingerprint density at radius 2 is 2.00 bits per heavy atom. The Labute approximate surface area is 124 Å². The van der Waals surface area contributed by atoms with E-state index in [2.05, 4.69) is 15.8 Å². The molecular formula is C14H20N4OS. The van der Waals surface area contributed by atoms with Gasteiger partial charge >= 0.3 is 0 Å². The molecule has 0 atom stereocenters. The largest absolute Gasteiger partial charge is 0.375 e. The molecule has 0 saturated carbocycles. The van der Waals surface area contributed by atoms with Crippen LogP contribution in [0.3, 0.4) is 0 Å². The number of carbonyl (C=O) groups is 1. The number of amides is 1. The summed E-state index contributed by atoms with van der Waals surface area (Å²) in [6.45, 7) is 2.71. The van der Waals surface area contributed by atoms with E-state index in [4.69, 9.17) is 18.0 Å². The van der Waals surface area contributed by atoms with Gasteiger partial charge in [-0.1, -0.05) is 37.3 Å². The van der Waals surface area contributed by atoms with Gasteiger partial charge in [0.25, 0.3) is 0 Å². The van der Waals surface area contributed by atoms with Crippen LogP contribution in [0, 0.1) is 0 Å². The van der Waals surface area contributed by atoms with E-state index >= 15 is 0 Å². The minimum atomic E-state index is 0.0193. The van der Waals surface area contributed by atoms with Crippen molar-refractivity contribution in [2.45, 2.75) is 26.2 Å². The lowest BCUT2D eigenvalue weighted by atomic mass is 10.1. The fourth-order valence-electron chi connectivity index (χ4n) is 1.60. The molecule has 1 rings (SSSR count). The molecule has 0 aliphatic carbocycles. The Morgan fingerprint density at radius 1 is 1.30 bits per heavy atom. The molecule has 20 heavy (non-hydrogen) atoms. The average Bonchev–Trinajstić information content (AvgIpc) is 2.45. The highest BCUT2D eigenvalue weighted by Crippen LogP contribution is 2.06. The molecular weight excluding hydrogens is 272 g/mol. The van der Waals surface area contributed by atoms with E-state index in [9.17, 15) is 4.79 Å². The Bertz CT molecular complexity index is 473. The third-order valence-electron chi connectivity index (χ3n) is 2.57. The van der Waals surface area contributed by atoms with Crippen LogP contribution in [0.1, 0.15) is 31.7 Å². The average molecular weight is 292 g/mol. The molecule has 5 nitrogen and oxygen atoms in total. The summed E-state index contributed by atoms with van der Waals surface area (Å²) in [6.07, 6.45) is 1.83. The number of benzene rings is 1. The number of hydrogen-bond acceptors (Lipinski definition) is 3. The summed E-state index contributed by atoms with van der Waals surface area (Å²) in [5.41, 5.74) is 9.65. The summed E-state index contributed by atoms with van der Waals surface area (Å²) in [5.74, 6) is 0.0193. The van der Waals surface area contributed by atoms with Crippen LogP contribution in [0.25, 0.3) is 0 Å². The highest BCUT2D eigenvalue weighted by molar-refractivity contribution is 7.80. The van der Waals surface area contributed by atoms with E-state index in [0.29, 0.717) is 19.4 Å². The summed E-state index contributed by atoms with van der Waals surface area (Å²) in [6, 6.07) is 9.63. The van der Waals surface area contributed by atoms with Crippen LogP contribution < -0.4 is 16.5 Å². The molecule has 0 bridgehead atoms. The van der Waals surface area contributed by atoms with Gasteiger partial charge in [0.1, 0.15) is 0 Å². The lowest BCUT2D eigenvalue weighted by Gasteiger charge is -2.08. The zero-order chi connectivity index (χ0) is 14.8. The Kier molecular flexibility index (Phi) is 7.27. The van der Waals surface area contributed by atoms with Gasteiger partial charge in [-0.05, 0) is 24.2 Å².